The van der Waals surface area contributed by atoms with Crippen molar-refractivity contribution in [1.29, 1.82) is 0 Å². The van der Waals surface area contributed by atoms with Crippen molar-refractivity contribution in [2.24, 2.45) is 17.6 Å². The largest absolute Gasteiger partial charge is 0.383 e. The molecule has 0 aromatic rings. The summed E-state index contributed by atoms with van der Waals surface area (Å²) in [5, 5.41) is 0. The van der Waals surface area contributed by atoms with Crippen LogP contribution in [0.4, 0.5) is 0 Å². The summed E-state index contributed by atoms with van der Waals surface area (Å²) in [5.74, 6) is 1.50. The number of nitrogens with two attached hydrogens (primary N) is 1. The predicted molar refractivity (Wildman–Crippen MR) is 69.1 cm³/mol. The zero-order valence-electron chi connectivity index (χ0n) is 10.6. The van der Waals surface area contributed by atoms with Gasteiger partial charge in [0.15, 0.2) is 0 Å². The van der Waals surface area contributed by atoms with E-state index in [4.69, 9.17) is 10.5 Å². The van der Waals surface area contributed by atoms with E-state index in [1.54, 1.807) is 7.11 Å². The highest BCUT2D eigenvalue weighted by Gasteiger charge is 2.45. The molecule has 2 aliphatic rings. The van der Waals surface area contributed by atoms with E-state index in [-0.39, 0.29) is 18.3 Å². The third kappa shape index (κ3) is 3.57. The Morgan fingerprint density at radius 2 is 1.82 bits per heavy atom. The molecule has 0 aromatic carbocycles. The van der Waals surface area contributed by atoms with Gasteiger partial charge in [-0.05, 0) is 37.5 Å². The molecule has 2 saturated carbocycles. The molecular formula is C12H23ClN2O2. The van der Waals surface area contributed by atoms with E-state index in [1.807, 2.05) is 11.9 Å². The summed E-state index contributed by atoms with van der Waals surface area (Å²) in [6.45, 7) is 0.311. The molecule has 0 aromatic heterocycles. The average Bonchev–Trinajstić information content (AvgIpc) is 3.10. The normalized spacial score (nSPS) is 20.9. The Hall–Kier alpha value is -0.320. The minimum atomic E-state index is -0.505. The van der Waals surface area contributed by atoms with Crippen molar-refractivity contribution in [3.63, 3.8) is 0 Å². The molecule has 17 heavy (non-hydrogen) atoms. The highest BCUT2D eigenvalue weighted by atomic mass is 35.5. The maximum absolute atomic E-state index is 12.1. The van der Waals surface area contributed by atoms with Gasteiger partial charge in [-0.1, -0.05) is 0 Å². The number of methoxy groups -OCH3 is 1. The highest BCUT2D eigenvalue weighted by Crippen LogP contribution is 2.46. The van der Waals surface area contributed by atoms with Gasteiger partial charge in [-0.25, -0.2) is 0 Å². The third-order valence-corrected chi connectivity index (χ3v) is 3.67. The van der Waals surface area contributed by atoms with Crippen molar-refractivity contribution in [2.75, 3.05) is 20.8 Å². The summed E-state index contributed by atoms with van der Waals surface area (Å²) in [6.07, 6.45) is 5.10. The summed E-state index contributed by atoms with van der Waals surface area (Å²) in [7, 11) is 3.48. The van der Waals surface area contributed by atoms with Crippen LogP contribution in [0.25, 0.3) is 0 Å². The molecule has 1 amide bonds. The Balaban J connectivity index is 0.00000144. The Morgan fingerprint density at radius 1 is 1.35 bits per heavy atom. The second-order valence-electron chi connectivity index (χ2n) is 5.18. The monoisotopic (exact) mass is 262 g/mol. The molecule has 2 fully saturated rings. The van der Waals surface area contributed by atoms with Gasteiger partial charge in [0.05, 0.1) is 6.61 Å². The molecule has 0 heterocycles. The SMILES string of the molecule is COCC(N)C(=O)N(C)C(C1CC1)C1CC1.Cl. The van der Waals surface area contributed by atoms with Crippen LogP contribution in [0.5, 0.6) is 0 Å². The fraction of sp³-hybridized carbons (Fsp3) is 0.917. The van der Waals surface area contributed by atoms with Crippen LogP contribution in [0.1, 0.15) is 25.7 Å². The van der Waals surface area contributed by atoms with Gasteiger partial charge in [0.1, 0.15) is 6.04 Å². The van der Waals surface area contributed by atoms with Crippen LogP contribution in [0, 0.1) is 11.8 Å². The lowest BCUT2D eigenvalue weighted by molar-refractivity contribution is -0.135. The third-order valence-electron chi connectivity index (χ3n) is 3.67. The van der Waals surface area contributed by atoms with Crippen molar-refractivity contribution < 1.29 is 9.53 Å². The fourth-order valence-corrected chi connectivity index (χ4v) is 2.55. The maximum atomic E-state index is 12.1. The van der Waals surface area contributed by atoms with Gasteiger partial charge in [-0.2, -0.15) is 0 Å². The van der Waals surface area contributed by atoms with Crippen molar-refractivity contribution in [3.05, 3.63) is 0 Å². The standard InChI is InChI=1S/C12H22N2O2.ClH/c1-14(12(15)10(13)7-16-2)11(8-3-4-8)9-5-6-9;/h8-11H,3-7,13H2,1-2H3;1H. The summed E-state index contributed by atoms with van der Waals surface area (Å²) < 4.78 is 4.93. The van der Waals surface area contributed by atoms with Crippen LogP contribution >= 0.6 is 12.4 Å². The molecule has 2 aliphatic carbocycles. The van der Waals surface area contributed by atoms with Crippen LogP contribution < -0.4 is 5.73 Å². The molecule has 0 spiro atoms. The maximum Gasteiger partial charge on any atom is 0.241 e. The van der Waals surface area contributed by atoms with Gasteiger partial charge < -0.3 is 15.4 Å². The summed E-state index contributed by atoms with van der Waals surface area (Å²) >= 11 is 0. The number of rotatable bonds is 6. The fourth-order valence-electron chi connectivity index (χ4n) is 2.55. The molecule has 0 radical (unpaired) electrons. The summed E-state index contributed by atoms with van der Waals surface area (Å²) in [5.41, 5.74) is 5.79. The Labute approximate surface area is 109 Å². The van der Waals surface area contributed by atoms with Gasteiger partial charge in [-0.3, -0.25) is 4.79 Å². The van der Waals surface area contributed by atoms with Gasteiger partial charge in [0.25, 0.3) is 0 Å². The number of halogens is 1. The number of hydrogen-bond donors (Lipinski definition) is 1. The number of carbonyl (C=O) groups excluding carboxylic acids is 1. The van der Waals surface area contributed by atoms with Gasteiger partial charge in [0, 0.05) is 20.2 Å². The average molecular weight is 263 g/mol. The van der Waals surface area contributed by atoms with Crippen molar-refractivity contribution in [1.82, 2.24) is 4.90 Å². The minimum absolute atomic E-state index is 0. The zero-order chi connectivity index (χ0) is 11.7. The molecule has 1 unspecified atom stereocenters. The molecule has 2 N–H and O–H groups in total. The van der Waals surface area contributed by atoms with Crippen LogP contribution in [-0.2, 0) is 9.53 Å². The van der Waals surface area contributed by atoms with E-state index in [1.165, 1.54) is 25.7 Å². The molecule has 0 aliphatic heterocycles. The number of nitrogens with zero attached hydrogens (tertiary/aromatic N) is 1. The van der Waals surface area contributed by atoms with Crippen LogP contribution in [0.2, 0.25) is 0 Å². The van der Waals surface area contributed by atoms with E-state index in [0.29, 0.717) is 12.6 Å². The summed E-state index contributed by atoms with van der Waals surface area (Å²) in [4.78, 5) is 13.9. The second-order valence-corrected chi connectivity index (χ2v) is 5.18. The van der Waals surface area contributed by atoms with Crippen molar-refractivity contribution >= 4 is 18.3 Å². The first-order valence-corrected chi connectivity index (χ1v) is 6.16. The van der Waals surface area contributed by atoms with Gasteiger partial charge >= 0.3 is 0 Å². The first kappa shape index (κ1) is 14.7. The number of hydrogen-bond acceptors (Lipinski definition) is 3. The van der Waals surface area contributed by atoms with Crippen LogP contribution in [-0.4, -0.2) is 43.7 Å². The smallest absolute Gasteiger partial charge is 0.241 e. The molecule has 2 rings (SSSR count). The minimum Gasteiger partial charge on any atom is -0.383 e. The molecule has 0 bridgehead atoms. The quantitative estimate of drug-likeness (QED) is 0.778. The van der Waals surface area contributed by atoms with Crippen molar-refractivity contribution in [3.8, 4) is 0 Å². The number of amides is 1. The lowest BCUT2D eigenvalue weighted by atomic mass is 10.1. The topological polar surface area (TPSA) is 55.6 Å². The molecule has 5 heteroatoms. The first-order valence-electron chi connectivity index (χ1n) is 6.16. The lowest BCUT2D eigenvalue weighted by Crippen LogP contribution is -2.49. The number of ether oxygens (including phenoxy) is 1. The van der Waals surface area contributed by atoms with Gasteiger partial charge in [-0.15, -0.1) is 12.4 Å². The molecule has 4 nitrogen and oxygen atoms in total. The predicted octanol–water partition coefficient (Wildman–Crippen LogP) is 1.03. The van der Waals surface area contributed by atoms with E-state index in [2.05, 4.69) is 0 Å². The number of carbonyl (C=O) groups is 1. The van der Waals surface area contributed by atoms with E-state index < -0.39 is 6.04 Å². The zero-order valence-corrected chi connectivity index (χ0v) is 11.4. The molecular weight excluding hydrogens is 240 g/mol. The molecule has 0 saturated heterocycles. The second kappa shape index (κ2) is 6.03. The van der Waals surface area contributed by atoms with E-state index >= 15 is 0 Å². The Kier molecular flexibility index (Phi) is 5.22. The van der Waals surface area contributed by atoms with Crippen molar-refractivity contribution in [2.45, 2.75) is 37.8 Å². The number of likely N-dealkylation sites (N-methyl/N-ethyl adjacent to an activating group) is 1. The van der Waals surface area contributed by atoms with Crippen LogP contribution in [0.3, 0.4) is 0 Å². The first-order chi connectivity index (χ1) is 7.65. The van der Waals surface area contributed by atoms with E-state index in [9.17, 15) is 4.79 Å². The van der Waals surface area contributed by atoms with E-state index in [0.717, 1.165) is 11.8 Å². The lowest BCUT2D eigenvalue weighted by Gasteiger charge is -2.30. The molecule has 100 valence electrons. The van der Waals surface area contributed by atoms with Gasteiger partial charge in [0.2, 0.25) is 5.91 Å². The highest BCUT2D eigenvalue weighted by molar-refractivity contribution is 5.85. The molecule has 1 atom stereocenters. The summed E-state index contributed by atoms with van der Waals surface area (Å²) in [6, 6.07) is -0.0644. The Bertz CT molecular complexity index is 255. The Morgan fingerprint density at radius 3 is 2.18 bits per heavy atom. The van der Waals surface area contributed by atoms with Crippen LogP contribution in [0.15, 0.2) is 0 Å².